The SMILES string of the molecule is CCN(CC)c1ccc(C[C@H](C)N)c(OC)c1. The smallest absolute Gasteiger partial charge is 0.124 e. The van der Waals surface area contributed by atoms with Gasteiger partial charge in [-0.15, -0.1) is 0 Å². The molecule has 0 aliphatic heterocycles. The molecule has 0 saturated heterocycles. The number of benzene rings is 1. The van der Waals surface area contributed by atoms with E-state index >= 15 is 0 Å². The fraction of sp³-hybridized carbons (Fsp3) is 0.571. The Morgan fingerprint density at radius 2 is 1.94 bits per heavy atom. The van der Waals surface area contributed by atoms with E-state index in [1.54, 1.807) is 7.11 Å². The predicted molar refractivity (Wildman–Crippen MR) is 73.9 cm³/mol. The van der Waals surface area contributed by atoms with Gasteiger partial charge in [-0.3, -0.25) is 0 Å². The van der Waals surface area contributed by atoms with E-state index in [9.17, 15) is 0 Å². The van der Waals surface area contributed by atoms with Crippen LogP contribution in [0.2, 0.25) is 0 Å². The summed E-state index contributed by atoms with van der Waals surface area (Å²) in [6.45, 7) is 8.34. The van der Waals surface area contributed by atoms with E-state index in [1.165, 1.54) is 11.3 Å². The highest BCUT2D eigenvalue weighted by Gasteiger charge is 2.09. The predicted octanol–water partition coefficient (Wildman–Crippen LogP) is 2.43. The summed E-state index contributed by atoms with van der Waals surface area (Å²) >= 11 is 0. The summed E-state index contributed by atoms with van der Waals surface area (Å²) in [7, 11) is 1.71. The lowest BCUT2D eigenvalue weighted by Gasteiger charge is -2.22. The van der Waals surface area contributed by atoms with Crippen molar-refractivity contribution in [3.05, 3.63) is 23.8 Å². The standard InChI is InChI=1S/C14H24N2O/c1-5-16(6-2)13-8-7-12(9-11(3)15)14(10-13)17-4/h7-8,10-11H,5-6,9,15H2,1-4H3/t11-/m0/s1. The second kappa shape index (κ2) is 6.50. The van der Waals surface area contributed by atoms with E-state index in [1.807, 2.05) is 6.92 Å². The van der Waals surface area contributed by atoms with Crippen LogP contribution in [0.25, 0.3) is 0 Å². The third-order valence-corrected chi connectivity index (χ3v) is 2.94. The Morgan fingerprint density at radius 3 is 2.41 bits per heavy atom. The molecular formula is C14H24N2O. The van der Waals surface area contributed by atoms with Crippen LogP contribution in [0.1, 0.15) is 26.3 Å². The maximum Gasteiger partial charge on any atom is 0.124 e. The minimum Gasteiger partial charge on any atom is -0.496 e. The van der Waals surface area contributed by atoms with Gasteiger partial charge >= 0.3 is 0 Å². The molecule has 0 aliphatic carbocycles. The highest BCUT2D eigenvalue weighted by Crippen LogP contribution is 2.26. The monoisotopic (exact) mass is 236 g/mol. The van der Waals surface area contributed by atoms with Crippen LogP contribution in [0.3, 0.4) is 0 Å². The summed E-state index contributed by atoms with van der Waals surface area (Å²) in [6.07, 6.45) is 0.849. The second-order valence-electron chi connectivity index (χ2n) is 4.35. The van der Waals surface area contributed by atoms with E-state index in [4.69, 9.17) is 10.5 Å². The number of hydrogen-bond donors (Lipinski definition) is 1. The van der Waals surface area contributed by atoms with Crippen LogP contribution >= 0.6 is 0 Å². The third kappa shape index (κ3) is 3.63. The van der Waals surface area contributed by atoms with Gasteiger partial charge < -0.3 is 15.4 Å². The van der Waals surface area contributed by atoms with Crippen molar-refractivity contribution in [1.29, 1.82) is 0 Å². The summed E-state index contributed by atoms with van der Waals surface area (Å²) in [5.74, 6) is 0.937. The van der Waals surface area contributed by atoms with Gasteiger partial charge in [0, 0.05) is 30.9 Å². The van der Waals surface area contributed by atoms with Crippen LogP contribution in [0.15, 0.2) is 18.2 Å². The summed E-state index contributed by atoms with van der Waals surface area (Å²) < 4.78 is 5.44. The average molecular weight is 236 g/mol. The summed E-state index contributed by atoms with van der Waals surface area (Å²) in [5.41, 5.74) is 8.22. The quantitative estimate of drug-likeness (QED) is 0.824. The van der Waals surface area contributed by atoms with Crippen molar-refractivity contribution >= 4 is 5.69 Å². The first kappa shape index (κ1) is 13.8. The Kier molecular flexibility index (Phi) is 5.29. The van der Waals surface area contributed by atoms with Crippen LogP contribution in [0.5, 0.6) is 5.75 Å². The molecule has 0 fully saturated rings. The van der Waals surface area contributed by atoms with Crippen molar-refractivity contribution < 1.29 is 4.74 Å². The van der Waals surface area contributed by atoms with Crippen molar-refractivity contribution in [2.45, 2.75) is 33.2 Å². The zero-order chi connectivity index (χ0) is 12.8. The van der Waals surface area contributed by atoms with Crippen molar-refractivity contribution in [3.63, 3.8) is 0 Å². The normalized spacial score (nSPS) is 12.3. The molecule has 1 rings (SSSR count). The number of rotatable bonds is 6. The van der Waals surface area contributed by atoms with Gasteiger partial charge in [-0.05, 0) is 38.8 Å². The Hall–Kier alpha value is -1.22. The van der Waals surface area contributed by atoms with Gasteiger partial charge in [-0.2, -0.15) is 0 Å². The number of anilines is 1. The molecule has 0 aromatic heterocycles. The van der Waals surface area contributed by atoms with Crippen molar-refractivity contribution in [2.24, 2.45) is 5.73 Å². The van der Waals surface area contributed by atoms with Crippen LogP contribution in [0.4, 0.5) is 5.69 Å². The number of ether oxygens (including phenoxy) is 1. The third-order valence-electron chi connectivity index (χ3n) is 2.94. The molecule has 0 saturated carbocycles. The molecule has 0 bridgehead atoms. The molecule has 3 nitrogen and oxygen atoms in total. The maximum absolute atomic E-state index is 5.83. The Morgan fingerprint density at radius 1 is 1.29 bits per heavy atom. The molecule has 2 N–H and O–H groups in total. The zero-order valence-corrected chi connectivity index (χ0v) is 11.4. The lowest BCUT2D eigenvalue weighted by molar-refractivity contribution is 0.408. The topological polar surface area (TPSA) is 38.5 Å². The molecule has 0 radical (unpaired) electrons. The number of methoxy groups -OCH3 is 1. The number of nitrogens with zero attached hydrogens (tertiary/aromatic N) is 1. The minimum atomic E-state index is 0.156. The highest BCUT2D eigenvalue weighted by atomic mass is 16.5. The molecule has 1 atom stereocenters. The van der Waals surface area contributed by atoms with Crippen LogP contribution in [-0.4, -0.2) is 26.2 Å². The molecule has 0 spiro atoms. The molecule has 1 aromatic carbocycles. The molecule has 0 aliphatic rings. The number of hydrogen-bond acceptors (Lipinski definition) is 3. The number of nitrogens with two attached hydrogens (primary N) is 1. The maximum atomic E-state index is 5.83. The molecule has 0 amide bonds. The molecule has 3 heteroatoms. The Labute approximate surface area is 105 Å². The van der Waals surface area contributed by atoms with Crippen LogP contribution in [-0.2, 0) is 6.42 Å². The second-order valence-corrected chi connectivity index (χ2v) is 4.35. The summed E-state index contributed by atoms with van der Waals surface area (Å²) in [5, 5.41) is 0. The van der Waals surface area contributed by atoms with Gasteiger partial charge in [-0.1, -0.05) is 6.07 Å². The van der Waals surface area contributed by atoms with Crippen molar-refractivity contribution in [2.75, 3.05) is 25.1 Å². The van der Waals surface area contributed by atoms with Gasteiger partial charge in [-0.25, -0.2) is 0 Å². The lowest BCUT2D eigenvalue weighted by atomic mass is 10.1. The molecule has 1 aromatic rings. The lowest BCUT2D eigenvalue weighted by Crippen LogP contribution is -2.22. The molecule has 0 unspecified atom stereocenters. The molecule has 96 valence electrons. The van der Waals surface area contributed by atoms with E-state index in [0.29, 0.717) is 0 Å². The van der Waals surface area contributed by atoms with Gasteiger partial charge in [0.2, 0.25) is 0 Å². The molecule has 17 heavy (non-hydrogen) atoms. The fourth-order valence-electron chi connectivity index (χ4n) is 2.03. The largest absolute Gasteiger partial charge is 0.496 e. The first-order valence-electron chi connectivity index (χ1n) is 6.29. The van der Waals surface area contributed by atoms with Gasteiger partial charge in [0.05, 0.1) is 7.11 Å². The van der Waals surface area contributed by atoms with Crippen LogP contribution < -0.4 is 15.4 Å². The summed E-state index contributed by atoms with van der Waals surface area (Å²) in [4.78, 5) is 2.30. The van der Waals surface area contributed by atoms with Crippen molar-refractivity contribution in [3.8, 4) is 5.75 Å². The van der Waals surface area contributed by atoms with Gasteiger partial charge in [0.15, 0.2) is 0 Å². The highest BCUT2D eigenvalue weighted by molar-refractivity contribution is 5.54. The van der Waals surface area contributed by atoms with E-state index in [2.05, 4.69) is 36.9 Å². The van der Waals surface area contributed by atoms with Gasteiger partial charge in [0.25, 0.3) is 0 Å². The van der Waals surface area contributed by atoms with Crippen molar-refractivity contribution in [1.82, 2.24) is 0 Å². The Balaban J connectivity index is 2.99. The minimum absolute atomic E-state index is 0.156. The van der Waals surface area contributed by atoms with Gasteiger partial charge in [0.1, 0.15) is 5.75 Å². The zero-order valence-electron chi connectivity index (χ0n) is 11.4. The van der Waals surface area contributed by atoms with E-state index < -0.39 is 0 Å². The first-order valence-corrected chi connectivity index (χ1v) is 6.29. The first-order chi connectivity index (χ1) is 8.12. The van der Waals surface area contributed by atoms with E-state index in [-0.39, 0.29) is 6.04 Å². The molecular weight excluding hydrogens is 212 g/mol. The average Bonchev–Trinajstić information content (AvgIpc) is 2.31. The van der Waals surface area contributed by atoms with E-state index in [0.717, 1.165) is 25.3 Å². The Bertz CT molecular complexity index is 346. The fourth-order valence-corrected chi connectivity index (χ4v) is 2.03. The molecule has 0 heterocycles. The van der Waals surface area contributed by atoms with Crippen LogP contribution in [0, 0.1) is 0 Å². The summed E-state index contributed by atoms with van der Waals surface area (Å²) in [6, 6.07) is 6.52.